The molecule has 4 nitrogen and oxygen atoms in total. The predicted octanol–water partition coefficient (Wildman–Crippen LogP) is 1.68. The highest BCUT2D eigenvalue weighted by atomic mass is 16.2. The zero-order chi connectivity index (χ0) is 12.4. The summed E-state index contributed by atoms with van der Waals surface area (Å²) in [6.07, 6.45) is 4.02. The van der Waals surface area contributed by atoms with Gasteiger partial charge in [0.2, 0.25) is 5.91 Å². The number of hydrogen-bond acceptors (Lipinski definition) is 3. The van der Waals surface area contributed by atoms with E-state index in [1.54, 1.807) is 0 Å². The van der Waals surface area contributed by atoms with Gasteiger partial charge in [-0.2, -0.15) is 0 Å². The van der Waals surface area contributed by atoms with Gasteiger partial charge in [-0.15, -0.1) is 0 Å². The largest absolute Gasteiger partial charge is 0.316 e. The minimum absolute atomic E-state index is 0.210. The lowest BCUT2D eigenvalue weighted by Gasteiger charge is -2.23. The minimum Gasteiger partial charge on any atom is -0.316 e. The molecule has 0 spiro atoms. The van der Waals surface area contributed by atoms with E-state index in [1.807, 2.05) is 17.0 Å². The zero-order valence-electron chi connectivity index (χ0n) is 10.6. The second-order valence-electron chi connectivity index (χ2n) is 5.11. The standard InChI is InChI=1S/C14H19N3O/c18-14-7-3-9-17(14)13-6-1-5-12(16-13)11-4-2-8-15-10-11/h1,5-6,11,15H,2-4,7-10H2/t11-/m1/s1. The molecule has 0 aromatic carbocycles. The van der Waals surface area contributed by atoms with Gasteiger partial charge in [-0.05, 0) is 37.9 Å². The molecule has 2 aliphatic rings. The van der Waals surface area contributed by atoms with Crippen molar-refractivity contribution in [1.29, 1.82) is 0 Å². The third-order valence-electron chi connectivity index (χ3n) is 3.82. The number of nitrogens with zero attached hydrogens (tertiary/aromatic N) is 2. The van der Waals surface area contributed by atoms with Gasteiger partial charge in [0.1, 0.15) is 5.82 Å². The first-order valence-electron chi connectivity index (χ1n) is 6.82. The molecule has 1 aromatic heterocycles. The number of carbonyl (C=O) groups is 1. The monoisotopic (exact) mass is 245 g/mol. The molecule has 0 unspecified atom stereocenters. The molecule has 2 aliphatic heterocycles. The lowest BCUT2D eigenvalue weighted by Crippen LogP contribution is -2.30. The van der Waals surface area contributed by atoms with Crippen molar-refractivity contribution in [3.63, 3.8) is 0 Å². The minimum atomic E-state index is 0.210. The number of rotatable bonds is 2. The molecule has 4 heteroatoms. The Morgan fingerprint density at radius 3 is 3.00 bits per heavy atom. The SMILES string of the molecule is O=C1CCCN1c1cccc([C@@H]2CCCNC2)n1. The van der Waals surface area contributed by atoms with Gasteiger partial charge in [-0.3, -0.25) is 9.69 Å². The maximum Gasteiger partial charge on any atom is 0.228 e. The first-order valence-corrected chi connectivity index (χ1v) is 6.82. The molecule has 1 aromatic rings. The van der Waals surface area contributed by atoms with E-state index in [1.165, 1.54) is 12.8 Å². The van der Waals surface area contributed by atoms with E-state index in [-0.39, 0.29) is 5.91 Å². The van der Waals surface area contributed by atoms with Crippen molar-refractivity contribution in [2.75, 3.05) is 24.5 Å². The van der Waals surface area contributed by atoms with Gasteiger partial charge < -0.3 is 5.32 Å². The molecule has 96 valence electrons. The Hall–Kier alpha value is -1.42. The number of hydrogen-bond donors (Lipinski definition) is 1. The lowest BCUT2D eigenvalue weighted by atomic mass is 9.96. The highest BCUT2D eigenvalue weighted by molar-refractivity contribution is 5.94. The maximum absolute atomic E-state index is 11.7. The molecule has 2 saturated heterocycles. The first kappa shape index (κ1) is 11.7. The second-order valence-corrected chi connectivity index (χ2v) is 5.11. The zero-order valence-corrected chi connectivity index (χ0v) is 10.6. The summed E-state index contributed by atoms with van der Waals surface area (Å²) in [6, 6.07) is 6.06. The molecule has 18 heavy (non-hydrogen) atoms. The average molecular weight is 245 g/mol. The van der Waals surface area contributed by atoms with E-state index in [2.05, 4.69) is 11.4 Å². The van der Waals surface area contributed by atoms with Crippen LogP contribution in [-0.4, -0.2) is 30.5 Å². The van der Waals surface area contributed by atoms with E-state index >= 15 is 0 Å². The van der Waals surface area contributed by atoms with Crippen LogP contribution in [0.15, 0.2) is 18.2 Å². The Morgan fingerprint density at radius 1 is 1.33 bits per heavy atom. The fraction of sp³-hybridized carbons (Fsp3) is 0.571. The Morgan fingerprint density at radius 2 is 2.28 bits per heavy atom. The van der Waals surface area contributed by atoms with Gasteiger partial charge in [0.05, 0.1) is 0 Å². The van der Waals surface area contributed by atoms with Gasteiger partial charge in [-0.25, -0.2) is 4.98 Å². The van der Waals surface area contributed by atoms with Crippen molar-refractivity contribution in [2.45, 2.75) is 31.6 Å². The molecule has 0 aliphatic carbocycles. The number of amides is 1. The molecule has 0 bridgehead atoms. The Labute approximate surface area is 107 Å². The second kappa shape index (κ2) is 5.06. The highest BCUT2D eigenvalue weighted by Gasteiger charge is 2.24. The normalized spacial score (nSPS) is 24.6. The number of piperidine rings is 1. The molecule has 1 amide bonds. The van der Waals surface area contributed by atoms with Crippen LogP contribution in [0.3, 0.4) is 0 Å². The molecule has 0 radical (unpaired) electrons. The van der Waals surface area contributed by atoms with Crippen molar-refractivity contribution in [2.24, 2.45) is 0 Å². The third kappa shape index (κ3) is 2.25. The average Bonchev–Trinajstić information content (AvgIpc) is 2.86. The molecule has 3 heterocycles. The summed E-state index contributed by atoms with van der Waals surface area (Å²) in [5, 5.41) is 3.41. The Kier molecular flexibility index (Phi) is 3.28. The van der Waals surface area contributed by atoms with E-state index in [4.69, 9.17) is 4.98 Å². The van der Waals surface area contributed by atoms with Crippen molar-refractivity contribution in [3.05, 3.63) is 23.9 Å². The number of carbonyl (C=O) groups excluding carboxylic acids is 1. The van der Waals surface area contributed by atoms with E-state index in [9.17, 15) is 4.79 Å². The summed E-state index contributed by atoms with van der Waals surface area (Å²) >= 11 is 0. The van der Waals surface area contributed by atoms with Gasteiger partial charge in [0.25, 0.3) is 0 Å². The van der Waals surface area contributed by atoms with Crippen LogP contribution in [0.1, 0.15) is 37.3 Å². The van der Waals surface area contributed by atoms with Crippen LogP contribution in [0.2, 0.25) is 0 Å². The first-order chi connectivity index (χ1) is 8.84. The van der Waals surface area contributed by atoms with Crippen LogP contribution in [0.25, 0.3) is 0 Å². The van der Waals surface area contributed by atoms with Crippen LogP contribution < -0.4 is 10.2 Å². The number of pyridine rings is 1. The van der Waals surface area contributed by atoms with Crippen molar-refractivity contribution in [1.82, 2.24) is 10.3 Å². The summed E-state index contributed by atoms with van der Waals surface area (Å²) in [5.41, 5.74) is 1.12. The topological polar surface area (TPSA) is 45.2 Å². The maximum atomic E-state index is 11.7. The molecule has 2 fully saturated rings. The number of anilines is 1. The van der Waals surface area contributed by atoms with Crippen molar-refractivity contribution in [3.8, 4) is 0 Å². The molecule has 1 atom stereocenters. The van der Waals surface area contributed by atoms with Gasteiger partial charge in [0, 0.05) is 31.1 Å². The Bertz CT molecular complexity index is 440. The van der Waals surface area contributed by atoms with Crippen LogP contribution in [0.4, 0.5) is 5.82 Å². The molecular formula is C14H19N3O. The fourth-order valence-corrected chi connectivity index (χ4v) is 2.81. The number of aromatic nitrogens is 1. The van der Waals surface area contributed by atoms with Gasteiger partial charge in [0.15, 0.2) is 0 Å². The van der Waals surface area contributed by atoms with E-state index in [0.717, 1.165) is 37.6 Å². The molecule has 3 rings (SSSR count). The smallest absolute Gasteiger partial charge is 0.228 e. The molecule has 1 N–H and O–H groups in total. The van der Waals surface area contributed by atoms with Gasteiger partial charge >= 0.3 is 0 Å². The van der Waals surface area contributed by atoms with Crippen LogP contribution in [0.5, 0.6) is 0 Å². The predicted molar refractivity (Wildman–Crippen MR) is 70.7 cm³/mol. The highest BCUT2D eigenvalue weighted by Crippen LogP contribution is 2.25. The Balaban J connectivity index is 1.82. The molecule has 0 saturated carbocycles. The number of nitrogens with one attached hydrogen (secondary N) is 1. The quantitative estimate of drug-likeness (QED) is 0.862. The lowest BCUT2D eigenvalue weighted by molar-refractivity contribution is -0.117. The fourth-order valence-electron chi connectivity index (χ4n) is 2.81. The van der Waals surface area contributed by atoms with Crippen LogP contribution in [0, 0.1) is 0 Å². The summed E-state index contributed by atoms with van der Waals surface area (Å²) < 4.78 is 0. The van der Waals surface area contributed by atoms with E-state index < -0.39 is 0 Å². The third-order valence-corrected chi connectivity index (χ3v) is 3.82. The summed E-state index contributed by atoms with van der Waals surface area (Å²) in [7, 11) is 0. The summed E-state index contributed by atoms with van der Waals surface area (Å²) in [5.74, 6) is 1.54. The molecular weight excluding hydrogens is 226 g/mol. The van der Waals surface area contributed by atoms with Gasteiger partial charge in [-0.1, -0.05) is 6.07 Å². The van der Waals surface area contributed by atoms with Crippen LogP contribution in [-0.2, 0) is 4.79 Å². The van der Waals surface area contributed by atoms with Crippen molar-refractivity contribution < 1.29 is 4.79 Å². The van der Waals surface area contributed by atoms with Crippen LogP contribution >= 0.6 is 0 Å². The summed E-state index contributed by atoms with van der Waals surface area (Å²) in [4.78, 5) is 18.2. The van der Waals surface area contributed by atoms with Crippen molar-refractivity contribution >= 4 is 11.7 Å². The summed E-state index contributed by atoms with van der Waals surface area (Å²) in [6.45, 7) is 2.93. The van der Waals surface area contributed by atoms with E-state index in [0.29, 0.717) is 12.3 Å².